The van der Waals surface area contributed by atoms with E-state index in [1.54, 1.807) is 0 Å². The highest BCUT2D eigenvalue weighted by Gasteiger charge is 2.41. The molecule has 18 heavy (non-hydrogen) atoms. The van der Waals surface area contributed by atoms with Crippen LogP contribution in [-0.2, 0) is 4.74 Å². The van der Waals surface area contributed by atoms with E-state index in [0.717, 1.165) is 19.3 Å². The number of halogens is 1. The molecule has 2 aliphatic heterocycles. The first-order valence-electron chi connectivity index (χ1n) is 5.85. The number of nitrogens with zero attached hydrogens (tertiary/aromatic N) is 2. The molecule has 3 heterocycles. The number of pyridine rings is 1. The maximum Gasteiger partial charge on any atom is 0.312 e. The number of anilines is 1. The Labute approximate surface area is 108 Å². The molecule has 3 atom stereocenters. The van der Waals surface area contributed by atoms with E-state index in [9.17, 15) is 10.1 Å². The van der Waals surface area contributed by atoms with Crippen LogP contribution in [0.3, 0.4) is 0 Å². The van der Waals surface area contributed by atoms with E-state index in [0.29, 0.717) is 6.10 Å². The summed E-state index contributed by atoms with van der Waals surface area (Å²) in [5, 5.41) is 14.3. The van der Waals surface area contributed by atoms with Gasteiger partial charge in [-0.3, -0.25) is 10.1 Å². The summed E-state index contributed by atoms with van der Waals surface area (Å²) >= 11 is 5.72. The van der Waals surface area contributed by atoms with Crippen LogP contribution in [0.2, 0.25) is 5.02 Å². The molecule has 1 aromatic rings. The van der Waals surface area contributed by atoms with Gasteiger partial charge in [-0.25, -0.2) is 4.98 Å². The summed E-state index contributed by atoms with van der Waals surface area (Å²) < 4.78 is 5.69. The molecule has 1 N–H and O–H groups in total. The molecule has 0 aliphatic carbocycles. The minimum atomic E-state index is -0.477. The third-order valence-corrected chi connectivity index (χ3v) is 3.67. The van der Waals surface area contributed by atoms with Crippen LogP contribution in [0.15, 0.2) is 12.3 Å². The van der Waals surface area contributed by atoms with Crippen molar-refractivity contribution in [2.45, 2.75) is 37.5 Å². The SMILES string of the molecule is O=[N+]([O-])c1cc(Cl)cnc1NC1CC2CCC1O2. The summed E-state index contributed by atoms with van der Waals surface area (Å²) in [5.41, 5.74) is -0.0923. The molecular weight excluding hydrogens is 258 g/mol. The van der Waals surface area contributed by atoms with Crippen LogP contribution >= 0.6 is 11.6 Å². The molecule has 0 spiro atoms. The highest BCUT2D eigenvalue weighted by molar-refractivity contribution is 6.30. The third kappa shape index (κ3) is 2.02. The molecule has 1 aromatic heterocycles. The Bertz CT molecular complexity index is 496. The van der Waals surface area contributed by atoms with Crippen molar-refractivity contribution in [2.24, 2.45) is 0 Å². The zero-order valence-corrected chi connectivity index (χ0v) is 10.3. The lowest BCUT2D eigenvalue weighted by Crippen LogP contribution is -2.31. The van der Waals surface area contributed by atoms with Gasteiger partial charge in [0.15, 0.2) is 0 Å². The standard InChI is InChI=1S/C11H12ClN3O3/c12-6-3-9(15(16)17)11(13-5-6)14-8-4-7-1-2-10(8)18-7/h3,5,7-8,10H,1-2,4H2,(H,13,14). The number of nitro groups is 1. The van der Waals surface area contributed by atoms with Gasteiger partial charge in [-0.1, -0.05) is 11.6 Å². The van der Waals surface area contributed by atoms with E-state index < -0.39 is 4.92 Å². The predicted octanol–water partition coefficient (Wildman–Crippen LogP) is 2.38. The van der Waals surface area contributed by atoms with Crippen molar-refractivity contribution in [3.8, 4) is 0 Å². The Balaban J connectivity index is 1.82. The number of ether oxygens (including phenoxy) is 1. The summed E-state index contributed by atoms with van der Waals surface area (Å²) in [6, 6.07) is 1.42. The van der Waals surface area contributed by atoms with Gasteiger partial charge in [0.1, 0.15) is 0 Å². The van der Waals surface area contributed by atoms with E-state index in [-0.39, 0.29) is 28.7 Å². The Kier molecular flexibility index (Phi) is 2.83. The second-order valence-electron chi connectivity index (χ2n) is 4.64. The van der Waals surface area contributed by atoms with Crippen molar-refractivity contribution in [3.63, 3.8) is 0 Å². The topological polar surface area (TPSA) is 77.3 Å². The molecule has 0 radical (unpaired) electrons. The fourth-order valence-electron chi connectivity index (χ4n) is 2.64. The number of hydrogen-bond acceptors (Lipinski definition) is 5. The van der Waals surface area contributed by atoms with E-state index in [1.807, 2.05) is 0 Å². The van der Waals surface area contributed by atoms with Crippen LogP contribution < -0.4 is 5.32 Å². The first-order valence-corrected chi connectivity index (χ1v) is 6.23. The molecule has 0 saturated carbocycles. The lowest BCUT2D eigenvalue weighted by atomic mass is 9.95. The van der Waals surface area contributed by atoms with Gasteiger partial charge in [0, 0.05) is 12.3 Å². The average Bonchev–Trinajstić information content (AvgIpc) is 2.93. The third-order valence-electron chi connectivity index (χ3n) is 3.46. The molecule has 3 unspecified atom stereocenters. The van der Waals surface area contributed by atoms with E-state index in [1.165, 1.54) is 12.3 Å². The maximum absolute atomic E-state index is 10.9. The largest absolute Gasteiger partial charge is 0.373 e. The highest BCUT2D eigenvalue weighted by atomic mass is 35.5. The Morgan fingerprint density at radius 2 is 2.39 bits per heavy atom. The van der Waals surface area contributed by atoms with Gasteiger partial charge in [0.05, 0.1) is 28.2 Å². The molecule has 0 aromatic carbocycles. The Morgan fingerprint density at radius 3 is 3.00 bits per heavy atom. The van der Waals surface area contributed by atoms with Gasteiger partial charge >= 0.3 is 5.69 Å². The Hall–Kier alpha value is -1.40. The molecule has 2 fully saturated rings. The molecule has 3 rings (SSSR count). The van der Waals surface area contributed by atoms with Crippen molar-refractivity contribution in [2.75, 3.05) is 5.32 Å². The minimum absolute atomic E-state index is 0.0923. The Morgan fingerprint density at radius 1 is 1.56 bits per heavy atom. The highest BCUT2D eigenvalue weighted by Crippen LogP contribution is 2.37. The van der Waals surface area contributed by atoms with Crippen molar-refractivity contribution < 1.29 is 9.66 Å². The molecule has 7 heteroatoms. The van der Waals surface area contributed by atoms with E-state index in [2.05, 4.69) is 10.3 Å². The second kappa shape index (κ2) is 4.37. The van der Waals surface area contributed by atoms with Gasteiger partial charge in [-0.05, 0) is 19.3 Å². The van der Waals surface area contributed by atoms with Crippen LogP contribution in [0.4, 0.5) is 11.5 Å². The number of fused-ring (bicyclic) bond motifs is 2. The van der Waals surface area contributed by atoms with Crippen LogP contribution in [0.25, 0.3) is 0 Å². The molecule has 6 nitrogen and oxygen atoms in total. The summed E-state index contributed by atoms with van der Waals surface area (Å²) in [6.07, 6.45) is 4.81. The molecular formula is C11H12ClN3O3. The van der Waals surface area contributed by atoms with Crippen molar-refractivity contribution in [3.05, 3.63) is 27.4 Å². The van der Waals surface area contributed by atoms with Gasteiger partial charge in [0.2, 0.25) is 5.82 Å². The number of rotatable bonds is 3. The smallest absolute Gasteiger partial charge is 0.312 e. The second-order valence-corrected chi connectivity index (χ2v) is 5.08. The summed E-state index contributed by atoms with van der Waals surface area (Å²) in [6.45, 7) is 0. The average molecular weight is 270 g/mol. The van der Waals surface area contributed by atoms with E-state index >= 15 is 0 Å². The van der Waals surface area contributed by atoms with Gasteiger partial charge < -0.3 is 10.1 Å². The summed E-state index contributed by atoms with van der Waals surface area (Å²) in [7, 11) is 0. The molecule has 0 amide bonds. The molecule has 2 saturated heterocycles. The van der Waals surface area contributed by atoms with E-state index in [4.69, 9.17) is 16.3 Å². The molecule has 2 bridgehead atoms. The van der Waals surface area contributed by atoms with Crippen molar-refractivity contribution in [1.29, 1.82) is 0 Å². The monoisotopic (exact) mass is 269 g/mol. The number of hydrogen-bond donors (Lipinski definition) is 1. The minimum Gasteiger partial charge on any atom is -0.373 e. The van der Waals surface area contributed by atoms with Crippen molar-refractivity contribution in [1.82, 2.24) is 4.98 Å². The van der Waals surface area contributed by atoms with Gasteiger partial charge in [-0.15, -0.1) is 0 Å². The molecule has 96 valence electrons. The van der Waals surface area contributed by atoms with Gasteiger partial charge in [0.25, 0.3) is 0 Å². The zero-order valence-electron chi connectivity index (χ0n) is 9.51. The fraction of sp³-hybridized carbons (Fsp3) is 0.545. The predicted molar refractivity (Wildman–Crippen MR) is 65.8 cm³/mol. The van der Waals surface area contributed by atoms with Crippen LogP contribution in [0, 0.1) is 10.1 Å². The summed E-state index contributed by atoms with van der Waals surface area (Å²) in [4.78, 5) is 14.5. The fourth-order valence-corrected chi connectivity index (χ4v) is 2.80. The van der Waals surface area contributed by atoms with Crippen molar-refractivity contribution >= 4 is 23.1 Å². The first kappa shape index (κ1) is 11.7. The first-order chi connectivity index (χ1) is 8.63. The summed E-state index contributed by atoms with van der Waals surface area (Å²) in [5.74, 6) is 0.269. The van der Waals surface area contributed by atoms with Crippen LogP contribution in [-0.4, -0.2) is 28.2 Å². The van der Waals surface area contributed by atoms with Crippen LogP contribution in [0.1, 0.15) is 19.3 Å². The zero-order chi connectivity index (χ0) is 12.7. The normalized spacial score (nSPS) is 29.5. The number of nitrogens with one attached hydrogen (secondary N) is 1. The lowest BCUT2D eigenvalue weighted by molar-refractivity contribution is -0.384. The maximum atomic E-state index is 10.9. The quantitative estimate of drug-likeness (QED) is 0.673. The lowest BCUT2D eigenvalue weighted by Gasteiger charge is -2.20. The number of aromatic nitrogens is 1. The van der Waals surface area contributed by atoms with Crippen LogP contribution in [0.5, 0.6) is 0 Å². The molecule has 2 aliphatic rings. The van der Waals surface area contributed by atoms with Gasteiger partial charge in [-0.2, -0.15) is 0 Å².